The van der Waals surface area contributed by atoms with Crippen LogP contribution in [0, 0.1) is 5.41 Å². The molecule has 2 fully saturated rings. The SMILES string of the molecule is CCOc1ccc(C(=O)N2CCC3(CCCCc4ccccc4OCCN(Cc4cccnc4)C3)CC2)cc1CN1CCCC1. The number of nitrogens with zero attached hydrogens (tertiary/aromatic N) is 4. The summed E-state index contributed by atoms with van der Waals surface area (Å²) in [6.07, 6.45) is 12.9. The monoisotopic (exact) mass is 610 g/mol. The van der Waals surface area contributed by atoms with Crippen LogP contribution < -0.4 is 9.47 Å². The van der Waals surface area contributed by atoms with Gasteiger partial charge in [0.05, 0.1) is 6.61 Å². The molecule has 0 unspecified atom stereocenters. The first-order chi connectivity index (χ1) is 22.1. The molecule has 7 nitrogen and oxygen atoms in total. The van der Waals surface area contributed by atoms with Crippen LogP contribution >= 0.6 is 0 Å². The van der Waals surface area contributed by atoms with E-state index in [0.29, 0.717) is 13.2 Å². The molecule has 4 heterocycles. The maximum atomic E-state index is 13.9. The third kappa shape index (κ3) is 8.25. The number of amides is 1. The lowest BCUT2D eigenvalue weighted by atomic mass is 9.73. The topological polar surface area (TPSA) is 58.1 Å². The molecule has 0 bridgehead atoms. The highest BCUT2D eigenvalue weighted by atomic mass is 16.5. The Bertz CT molecular complexity index is 1380. The fourth-order valence-corrected chi connectivity index (χ4v) is 7.56. The van der Waals surface area contributed by atoms with Crippen LogP contribution in [0.25, 0.3) is 0 Å². The number of carbonyl (C=O) groups excluding carboxylic acids is 1. The van der Waals surface area contributed by atoms with E-state index < -0.39 is 0 Å². The average molecular weight is 611 g/mol. The summed E-state index contributed by atoms with van der Waals surface area (Å²) in [6, 6.07) is 18.8. The molecule has 3 aromatic rings. The average Bonchev–Trinajstić information content (AvgIpc) is 3.58. The van der Waals surface area contributed by atoms with Crippen LogP contribution in [0.3, 0.4) is 0 Å². The Kier molecular flexibility index (Phi) is 10.7. The fraction of sp³-hybridized carbons (Fsp3) is 0.526. The van der Waals surface area contributed by atoms with Crippen molar-refractivity contribution < 1.29 is 14.3 Å². The van der Waals surface area contributed by atoms with E-state index in [2.05, 4.69) is 56.1 Å². The first-order valence-corrected chi connectivity index (χ1v) is 17.2. The molecule has 0 radical (unpaired) electrons. The number of hydrogen-bond acceptors (Lipinski definition) is 6. The van der Waals surface area contributed by atoms with Gasteiger partial charge in [-0.1, -0.05) is 30.7 Å². The Morgan fingerprint density at radius 2 is 1.73 bits per heavy atom. The van der Waals surface area contributed by atoms with E-state index >= 15 is 0 Å². The van der Waals surface area contributed by atoms with Crippen molar-refractivity contribution in [1.29, 1.82) is 0 Å². The lowest BCUT2D eigenvalue weighted by Gasteiger charge is -2.45. The van der Waals surface area contributed by atoms with E-state index in [4.69, 9.17) is 9.47 Å². The van der Waals surface area contributed by atoms with Gasteiger partial charge in [0, 0.05) is 62.8 Å². The van der Waals surface area contributed by atoms with Crippen LogP contribution in [-0.2, 0) is 19.5 Å². The summed E-state index contributed by atoms with van der Waals surface area (Å²) in [5.74, 6) is 2.09. The van der Waals surface area contributed by atoms with Gasteiger partial charge in [0.2, 0.25) is 0 Å². The Morgan fingerprint density at radius 1 is 0.889 bits per heavy atom. The third-order valence-electron chi connectivity index (χ3n) is 10.0. The zero-order chi connectivity index (χ0) is 30.9. The Morgan fingerprint density at radius 3 is 2.53 bits per heavy atom. The number of hydrogen-bond donors (Lipinski definition) is 0. The molecule has 0 atom stereocenters. The Labute approximate surface area is 269 Å². The highest BCUT2D eigenvalue weighted by molar-refractivity contribution is 5.94. The summed E-state index contributed by atoms with van der Waals surface area (Å²) >= 11 is 0. The summed E-state index contributed by atoms with van der Waals surface area (Å²) in [7, 11) is 0. The number of fused-ring (bicyclic) bond motifs is 1. The number of pyridine rings is 1. The number of piperidine rings is 1. The van der Waals surface area contributed by atoms with E-state index in [1.807, 2.05) is 37.5 Å². The molecule has 0 aliphatic carbocycles. The molecule has 7 heteroatoms. The van der Waals surface area contributed by atoms with Gasteiger partial charge in [0.25, 0.3) is 5.91 Å². The van der Waals surface area contributed by atoms with Gasteiger partial charge in [-0.25, -0.2) is 0 Å². The molecule has 2 saturated heterocycles. The van der Waals surface area contributed by atoms with E-state index in [1.165, 1.54) is 36.8 Å². The summed E-state index contributed by atoms with van der Waals surface area (Å²) < 4.78 is 12.3. The second kappa shape index (κ2) is 15.2. The molecular formula is C38H50N4O3. The van der Waals surface area contributed by atoms with Crippen LogP contribution in [0.2, 0.25) is 0 Å². The smallest absolute Gasteiger partial charge is 0.253 e. The highest BCUT2D eigenvalue weighted by Crippen LogP contribution is 2.39. The molecule has 1 spiro atoms. The lowest BCUT2D eigenvalue weighted by Crippen LogP contribution is -2.48. The number of para-hydroxylation sites is 1. The highest BCUT2D eigenvalue weighted by Gasteiger charge is 2.37. The molecule has 0 saturated carbocycles. The molecule has 0 N–H and O–H groups in total. The first-order valence-electron chi connectivity index (χ1n) is 17.2. The number of ether oxygens (including phenoxy) is 2. The lowest BCUT2D eigenvalue weighted by molar-refractivity contribution is 0.0361. The van der Waals surface area contributed by atoms with Crippen LogP contribution in [0.15, 0.2) is 67.0 Å². The van der Waals surface area contributed by atoms with Gasteiger partial charge >= 0.3 is 0 Å². The number of likely N-dealkylation sites (tertiary alicyclic amines) is 2. The van der Waals surface area contributed by atoms with Crippen LogP contribution in [0.5, 0.6) is 11.5 Å². The minimum atomic E-state index is 0.154. The second-order valence-corrected chi connectivity index (χ2v) is 13.3. The van der Waals surface area contributed by atoms with Crippen molar-refractivity contribution in [2.75, 3.05) is 52.5 Å². The molecular weight excluding hydrogens is 560 g/mol. The predicted octanol–water partition coefficient (Wildman–Crippen LogP) is 6.61. The van der Waals surface area contributed by atoms with Crippen molar-refractivity contribution in [3.63, 3.8) is 0 Å². The molecule has 3 aliphatic rings. The van der Waals surface area contributed by atoms with E-state index in [-0.39, 0.29) is 11.3 Å². The van der Waals surface area contributed by atoms with Gasteiger partial charge in [0.1, 0.15) is 18.1 Å². The molecule has 6 rings (SSSR count). The molecule has 3 aliphatic heterocycles. The quantitative estimate of drug-likeness (QED) is 0.300. The summed E-state index contributed by atoms with van der Waals surface area (Å²) in [4.78, 5) is 25.4. The predicted molar refractivity (Wildman–Crippen MR) is 179 cm³/mol. The van der Waals surface area contributed by atoms with Crippen molar-refractivity contribution in [1.82, 2.24) is 19.7 Å². The maximum Gasteiger partial charge on any atom is 0.253 e. The number of benzene rings is 2. The molecule has 45 heavy (non-hydrogen) atoms. The number of carbonyl (C=O) groups is 1. The van der Waals surface area contributed by atoms with Crippen molar-refractivity contribution >= 4 is 5.91 Å². The van der Waals surface area contributed by atoms with Crippen LogP contribution in [-0.4, -0.2) is 78.1 Å². The minimum absolute atomic E-state index is 0.154. The van der Waals surface area contributed by atoms with E-state index in [0.717, 1.165) is 101 Å². The fourth-order valence-electron chi connectivity index (χ4n) is 7.56. The van der Waals surface area contributed by atoms with Crippen LogP contribution in [0.1, 0.15) is 78.9 Å². The first kappa shape index (κ1) is 31.6. The van der Waals surface area contributed by atoms with E-state index in [1.54, 1.807) is 0 Å². The Hall–Kier alpha value is -3.42. The van der Waals surface area contributed by atoms with Crippen molar-refractivity contribution in [3.05, 3.63) is 89.2 Å². The Balaban J connectivity index is 1.16. The zero-order valence-corrected chi connectivity index (χ0v) is 27.1. The third-order valence-corrected chi connectivity index (χ3v) is 10.0. The second-order valence-electron chi connectivity index (χ2n) is 13.3. The summed E-state index contributed by atoms with van der Waals surface area (Å²) in [5, 5.41) is 0. The van der Waals surface area contributed by atoms with Gasteiger partial charge < -0.3 is 14.4 Å². The minimum Gasteiger partial charge on any atom is -0.494 e. The van der Waals surface area contributed by atoms with Crippen molar-refractivity contribution in [3.8, 4) is 11.5 Å². The maximum absolute atomic E-state index is 13.9. The molecule has 1 aromatic heterocycles. The molecule has 240 valence electrons. The molecule has 2 aromatic carbocycles. The van der Waals surface area contributed by atoms with Gasteiger partial charge in [-0.05, 0) is 112 Å². The number of rotatable bonds is 7. The van der Waals surface area contributed by atoms with Gasteiger partial charge in [-0.3, -0.25) is 19.6 Å². The number of aryl methyl sites for hydroxylation is 1. The van der Waals surface area contributed by atoms with E-state index in [9.17, 15) is 4.79 Å². The van der Waals surface area contributed by atoms with Crippen LogP contribution in [0.4, 0.5) is 0 Å². The standard InChI is InChI=1S/C38H50N4O3/c1-2-44-36-15-14-33(26-34(36)29-40-20-7-8-21-40)37(43)42-22-17-38(18-23-42)16-6-5-12-32-11-3-4-13-35(32)45-25-24-41(30-38)28-31-10-9-19-39-27-31/h3-4,9-11,13-15,19,26-27H,2,5-8,12,16-18,20-25,28-30H2,1H3. The summed E-state index contributed by atoms with van der Waals surface area (Å²) in [6.45, 7) is 10.7. The van der Waals surface area contributed by atoms with Gasteiger partial charge in [-0.15, -0.1) is 0 Å². The van der Waals surface area contributed by atoms with Crippen molar-refractivity contribution in [2.45, 2.75) is 71.4 Å². The largest absolute Gasteiger partial charge is 0.494 e. The molecule has 1 amide bonds. The summed E-state index contributed by atoms with van der Waals surface area (Å²) in [5.41, 5.74) is 4.64. The zero-order valence-electron chi connectivity index (χ0n) is 27.1. The van der Waals surface area contributed by atoms with Gasteiger partial charge in [-0.2, -0.15) is 0 Å². The van der Waals surface area contributed by atoms with Gasteiger partial charge in [0.15, 0.2) is 0 Å². The normalized spacial score (nSPS) is 19.7. The van der Waals surface area contributed by atoms with Crippen molar-refractivity contribution in [2.24, 2.45) is 5.41 Å². The number of aromatic nitrogens is 1.